The lowest BCUT2D eigenvalue weighted by Gasteiger charge is -2.16. The van der Waals surface area contributed by atoms with E-state index < -0.39 is 12.0 Å². The van der Waals surface area contributed by atoms with Crippen LogP contribution >= 0.6 is 35.0 Å². The normalized spacial score (nSPS) is 15.8. The Hall–Kier alpha value is -2.19. The van der Waals surface area contributed by atoms with Crippen molar-refractivity contribution in [1.82, 2.24) is 5.32 Å². The molecule has 1 atom stereocenters. The number of carbonyl (C=O) groups excluding carboxylic acids is 2. The molecule has 1 saturated heterocycles. The van der Waals surface area contributed by atoms with Crippen molar-refractivity contribution >= 4 is 52.2 Å². The van der Waals surface area contributed by atoms with E-state index in [0.717, 1.165) is 35.7 Å². The van der Waals surface area contributed by atoms with Gasteiger partial charge in [-0.05, 0) is 53.6 Å². The lowest BCUT2D eigenvalue weighted by atomic mass is 10.1. The van der Waals surface area contributed by atoms with Crippen LogP contribution in [0.3, 0.4) is 0 Å². The zero-order chi connectivity index (χ0) is 22.4. The quantitative estimate of drug-likeness (QED) is 0.485. The third-order valence-electron chi connectivity index (χ3n) is 4.32. The topological polar surface area (TPSA) is 84.9 Å². The van der Waals surface area contributed by atoms with Crippen molar-refractivity contribution in [3.8, 4) is 11.5 Å². The number of rotatable bonds is 9. The van der Waals surface area contributed by atoms with Crippen LogP contribution in [0.4, 0.5) is 4.79 Å². The van der Waals surface area contributed by atoms with Crippen molar-refractivity contribution in [3.05, 3.63) is 62.5 Å². The molecular formula is C22H21Cl2NO5S. The average molecular weight is 482 g/mol. The van der Waals surface area contributed by atoms with Crippen LogP contribution in [0, 0.1) is 0 Å². The Bertz CT molecular complexity index is 994. The molecule has 0 bridgehead atoms. The fourth-order valence-electron chi connectivity index (χ4n) is 2.83. The smallest absolute Gasteiger partial charge is 0.290 e. The molecular weight excluding hydrogens is 461 g/mol. The molecule has 2 N–H and O–H groups in total. The van der Waals surface area contributed by atoms with Crippen molar-refractivity contribution in [3.63, 3.8) is 0 Å². The largest absolute Gasteiger partial charge is 0.491 e. The molecule has 6 nitrogen and oxygen atoms in total. The van der Waals surface area contributed by atoms with Gasteiger partial charge in [0.15, 0.2) is 0 Å². The van der Waals surface area contributed by atoms with Gasteiger partial charge in [0.25, 0.3) is 11.1 Å². The van der Waals surface area contributed by atoms with Gasteiger partial charge in [-0.2, -0.15) is 0 Å². The minimum absolute atomic E-state index is 0.0393. The zero-order valence-corrected chi connectivity index (χ0v) is 19.0. The Morgan fingerprint density at radius 2 is 1.77 bits per heavy atom. The molecule has 0 radical (unpaired) electrons. The van der Waals surface area contributed by atoms with Crippen LogP contribution in [0.25, 0.3) is 6.08 Å². The van der Waals surface area contributed by atoms with Gasteiger partial charge in [0.2, 0.25) is 0 Å². The summed E-state index contributed by atoms with van der Waals surface area (Å²) in [5.74, 6) is 0.754. The van der Waals surface area contributed by atoms with Crippen LogP contribution in [0.15, 0.2) is 41.3 Å². The number of aryl methyl sites for hydroxylation is 1. The van der Waals surface area contributed by atoms with Crippen LogP contribution < -0.4 is 14.8 Å². The molecule has 1 aliphatic rings. The maximum Gasteiger partial charge on any atom is 0.290 e. The van der Waals surface area contributed by atoms with E-state index in [2.05, 4.69) is 12.2 Å². The second-order valence-electron chi connectivity index (χ2n) is 6.82. The van der Waals surface area contributed by atoms with E-state index in [0.29, 0.717) is 26.4 Å². The minimum atomic E-state index is -0.852. The van der Waals surface area contributed by atoms with Gasteiger partial charge >= 0.3 is 0 Å². The fourth-order valence-corrected chi connectivity index (χ4v) is 3.85. The SMILES string of the molecule is CCCc1cc(Cl)c(Cl)cc1OC[C@@H](O)COc1ccc(C=C2SC(=O)NC2=O)cc1. The van der Waals surface area contributed by atoms with E-state index in [-0.39, 0.29) is 18.5 Å². The summed E-state index contributed by atoms with van der Waals surface area (Å²) in [5, 5.41) is 12.9. The summed E-state index contributed by atoms with van der Waals surface area (Å²) >= 11 is 13.0. The highest BCUT2D eigenvalue weighted by molar-refractivity contribution is 8.18. The van der Waals surface area contributed by atoms with E-state index in [1.54, 1.807) is 42.5 Å². The van der Waals surface area contributed by atoms with Crippen molar-refractivity contribution < 1.29 is 24.2 Å². The molecule has 1 heterocycles. The van der Waals surface area contributed by atoms with E-state index in [4.69, 9.17) is 32.7 Å². The first kappa shape index (κ1) is 23.5. The van der Waals surface area contributed by atoms with Gasteiger partial charge in [0.05, 0.1) is 15.0 Å². The van der Waals surface area contributed by atoms with Gasteiger partial charge in [0, 0.05) is 6.07 Å². The summed E-state index contributed by atoms with van der Waals surface area (Å²) < 4.78 is 11.3. The maximum absolute atomic E-state index is 11.6. The standard InChI is InChI=1S/C22H21Cl2NO5S/c1-2-3-14-9-17(23)18(24)10-19(14)30-12-15(26)11-29-16-6-4-13(5-7-16)8-20-21(27)25-22(28)31-20/h4-10,15,26H,2-3,11-12H2,1H3,(H,25,27,28)/t15-/m0/s1. The Labute approximate surface area is 194 Å². The van der Waals surface area contributed by atoms with E-state index >= 15 is 0 Å². The summed E-state index contributed by atoms with van der Waals surface area (Å²) in [4.78, 5) is 23.1. The van der Waals surface area contributed by atoms with E-state index in [1.165, 1.54) is 0 Å². The summed E-state index contributed by atoms with van der Waals surface area (Å²) in [6, 6.07) is 10.4. The summed E-state index contributed by atoms with van der Waals surface area (Å²) in [6.07, 6.45) is 2.49. The summed E-state index contributed by atoms with van der Waals surface area (Å²) in [5.41, 5.74) is 1.69. The van der Waals surface area contributed by atoms with Gasteiger partial charge in [-0.15, -0.1) is 0 Å². The molecule has 0 aromatic heterocycles. The third kappa shape index (κ3) is 6.64. The van der Waals surface area contributed by atoms with Crippen molar-refractivity contribution in [2.75, 3.05) is 13.2 Å². The predicted octanol–water partition coefficient (Wildman–Crippen LogP) is 5.09. The zero-order valence-electron chi connectivity index (χ0n) is 16.7. The average Bonchev–Trinajstić information content (AvgIpc) is 3.05. The third-order valence-corrected chi connectivity index (χ3v) is 5.85. The highest BCUT2D eigenvalue weighted by Gasteiger charge is 2.24. The Balaban J connectivity index is 1.52. The first-order chi connectivity index (χ1) is 14.9. The van der Waals surface area contributed by atoms with Crippen molar-refractivity contribution in [1.29, 1.82) is 0 Å². The van der Waals surface area contributed by atoms with Gasteiger partial charge in [0.1, 0.15) is 30.8 Å². The highest BCUT2D eigenvalue weighted by atomic mass is 35.5. The highest BCUT2D eigenvalue weighted by Crippen LogP contribution is 2.31. The Kier molecular flexibility index (Phi) is 8.26. The second-order valence-corrected chi connectivity index (χ2v) is 8.65. The number of ether oxygens (including phenoxy) is 2. The number of hydrogen-bond acceptors (Lipinski definition) is 6. The molecule has 9 heteroatoms. The number of thioether (sulfide) groups is 1. The lowest BCUT2D eigenvalue weighted by Crippen LogP contribution is -2.25. The lowest BCUT2D eigenvalue weighted by molar-refractivity contribution is -0.115. The van der Waals surface area contributed by atoms with Gasteiger partial charge in [-0.25, -0.2) is 0 Å². The molecule has 1 aliphatic heterocycles. The number of halogens is 2. The Morgan fingerprint density at radius 1 is 1.10 bits per heavy atom. The maximum atomic E-state index is 11.6. The molecule has 164 valence electrons. The molecule has 0 saturated carbocycles. The minimum Gasteiger partial charge on any atom is -0.491 e. The van der Waals surface area contributed by atoms with E-state index in [1.807, 2.05) is 0 Å². The number of aliphatic hydroxyl groups is 1. The fraction of sp³-hybridized carbons (Fsp3) is 0.273. The van der Waals surface area contributed by atoms with Crippen LogP contribution in [0.1, 0.15) is 24.5 Å². The number of hydrogen-bond donors (Lipinski definition) is 2. The number of amides is 2. The van der Waals surface area contributed by atoms with Crippen LogP contribution in [-0.2, 0) is 11.2 Å². The van der Waals surface area contributed by atoms with Gasteiger partial charge in [-0.1, -0.05) is 48.7 Å². The summed E-state index contributed by atoms with van der Waals surface area (Å²) in [6.45, 7) is 2.13. The number of aliphatic hydroxyl groups excluding tert-OH is 1. The number of benzene rings is 2. The molecule has 1 fully saturated rings. The molecule has 0 spiro atoms. The molecule has 2 aromatic rings. The van der Waals surface area contributed by atoms with Crippen LogP contribution in [0.2, 0.25) is 10.0 Å². The number of imide groups is 1. The predicted molar refractivity (Wildman–Crippen MR) is 123 cm³/mol. The Morgan fingerprint density at radius 3 is 2.42 bits per heavy atom. The molecule has 0 unspecified atom stereocenters. The van der Waals surface area contributed by atoms with E-state index in [9.17, 15) is 14.7 Å². The molecule has 0 aliphatic carbocycles. The number of carbonyl (C=O) groups is 2. The molecule has 2 amide bonds. The molecule has 2 aromatic carbocycles. The summed E-state index contributed by atoms with van der Waals surface area (Å²) in [7, 11) is 0. The van der Waals surface area contributed by atoms with Crippen molar-refractivity contribution in [2.24, 2.45) is 0 Å². The van der Waals surface area contributed by atoms with Crippen molar-refractivity contribution in [2.45, 2.75) is 25.9 Å². The van der Waals surface area contributed by atoms with Gasteiger partial charge in [-0.3, -0.25) is 14.9 Å². The monoisotopic (exact) mass is 481 g/mol. The molecule has 3 rings (SSSR count). The second kappa shape index (κ2) is 10.9. The molecule has 31 heavy (non-hydrogen) atoms. The first-order valence-electron chi connectivity index (χ1n) is 9.62. The van der Waals surface area contributed by atoms with Gasteiger partial charge < -0.3 is 14.6 Å². The first-order valence-corrected chi connectivity index (χ1v) is 11.2. The van der Waals surface area contributed by atoms with Crippen LogP contribution in [-0.4, -0.2) is 35.6 Å². The van der Waals surface area contributed by atoms with Crippen LogP contribution in [0.5, 0.6) is 11.5 Å². The number of nitrogens with one attached hydrogen (secondary N) is 1.